The lowest BCUT2D eigenvalue weighted by Gasteiger charge is -2.08. The van der Waals surface area contributed by atoms with Crippen molar-refractivity contribution in [3.63, 3.8) is 0 Å². The molecule has 0 atom stereocenters. The molecule has 4 nitrogen and oxygen atoms in total. The SMILES string of the molecule is O=C(CCNC1CC1)Nc1ccc(C(F)(F)F)nc1. The number of carbonyl (C=O) groups excluding carboxylic acids is 1. The van der Waals surface area contributed by atoms with Crippen LogP contribution in [0.15, 0.2) is 18.3 Å². The summed E-state index contributed by atoms with van der Waals surface area (Å²) in [6, 6.07) is 2.57. The minimum absolute atomic E-state index is 0.241. The Bertz CT molecular complexity index is 441. The number of pyridine rings is 1. The highest BCUT2D eigenvalue weighted by molar-refractivity contribution is 5.90. The number of aromatic nitrogens is 1. The molecule has 1 aliphatic rings. The molecule has 19 heavy (non-hydrogen) atoms. The Morgan fingerprint density at radius 1 is 1.37 bits per heavy atom. The summed E-state index contributed by atoms with van der Waals surface area (Å²) in [7, 11) is 0. The molecule has 0 saturated heterocycles. The number of hydrogen-bond acceptors (Lipinski definition) is 3. The molecule has 1 aromatic rings. The maximum Gasteiger partial charge on any atom is 0.433 e. The first-order chi connectivity index (χ1) is 8.95. The fourth-order valence-corrected chi connectivity index (χ4v) is 1.54. The average Bonchev–Trinajstić information content (AvgIpc) is 3.12. The summed E-state index contributed by atoms with van der Waals surface area (Å²) >= 11 is 0. The number of amides is 1. The Balaban J connectivity index is 1.79. The summed E-state index contributed by atoms with van der Waals surface area (Å²) in [6.07, 6.45) is -0.877. The van der Waals surface area contributed by atoms with Gasteiger partial charge in [0.25, 0.3) is 0 Å². The monoisotopic (exact) mass is 273 g/mol. The summed E-state index contributed by atoms with van der Waals surface area (Å²) in [5.74, 6) is -0.241. The number of halogens is 3. The number of hydrogen-bond donors (Lipinski definition) is 2. The van der Waals surface area contributed by atoms with Crippen LogP contribution in [0.4, 0.5) is 18.9 Å². The molecule has 1 aliphatic carbocycles. The van der Waals surface area contributed by atoms with Crippen LogP contribution in [-0.4, -0.2) is 23.5 Å². The van der Waals surface area contributed by atoms with E-state index >= 15 is 0 Å². The van der Waals surface area contributed by atoms with E-state index in [1.807, 2.05) is 0 Å². The second-order valence-electron chi connectivity index (χ2n) is 4.46. The number of carbonyl (C=O) groups is 1. The molecule has 0 bridgehead atoms. The summed E-state index contributed by atoms with van der Waals surface area (Å²) in [6.45, 7) is 0.574. The van der Waals surface area contributed by atoms with Crippen LogP contribution in [0.2, 0.25) is 0 Å². The molecular weight excluding hydrogens is 259 g/mol. The van der Waals surface area contributed by atoms with Crippen molar-refractivity contribution in [1.82, 2.24) is 10.3 Å². The van der Waals surface area contributed by atoms with E-state index in [1.165, 1.54) is 6.07 Å². The maximum atomic E-state index is 12.3. The first-order valence-electron chi connectivity index (χ1n) is 6.01. The number of nitrogens with zero attached hydrogens (tertiary/aromatic N) is 1. The number of anilines is 1. The minimum Gasteiger partial charge on any atom is -0.325 e. The Morgan fingerprint density at radius 2 is 2.11 bits per heavy atom. The second-order valence-corrected chi connectivity index (χ2v) is 4.46. The van der Waals surface area contributed by atoms with Gasteiger partial charge in [0.15, 0.2) is 0 Å². The van der Waals surface area contributed by atoms with Gasteiger partial charge in [-0.25, -0.2) is 4.98 Å². The molecule has 1 heterocycles. The van der Waals surface area contributed by atoms with Gasteiger partial charge in [-0.15, -0.1) is 0 Å². The van der Waals surface area contributed by atoms with E-state index in [4.69, 9.17) is 0 Å². The van der Waals surface area contributed by atoms with Crippen molar-refractivity contribution in [2.45, 2.75) is 31.5 Å². The van der Waals surface area contributed by atoms with Gasteiger partial charge in [0.2, 0.25) is 5.91 Å². The van der Waals surface area contributed by atoms with Crippen molar-refractivity contribution in [1.29, 1.82) is 0 Å². The van der Waals surface area contributed by atoms with E-state index in [0.717, 1.165) is 25.1 Å². The quantitative estimate of drug-likeness (QED) is 0.864. The van der Waals surface area contributed by atoms with Crippen molar-refractivity contribution in [3.8, 4) is 0 Å². The number of alkyl halides is 3. The van der Waals surface area contributed by atoms with E-state index in [-0.39, 0.29) is 18.0 Å². The molecule has 7 heteroatoms. The van der Waals surface area contributed by atoms with Crippen molar-refractivity contribution < 1.29 is 18.0 Å². The smallest absolute Gasteiger partial charge is 0.325 e. The topological polar surface area (TPSA) is 54.0 Å². The summed E-state index contributed by atoms with van der Waals surface area (Å²) in [4.78, 5) is 14.8. The van der Waals surface area contributed by atoms with Crippen molar-refractivity contribution in [2.75, 3.05) is 11.9 Å². The fraction of sp³-hybridized carbons (Fsp3) is 0.500. The standard InChI is InChI=1S/C12H14F3N3O/c13-12(14,15)10-4-3-9(7-17-10)18-11(19)5-6-16-8-1-2-8/h3-4,7-8,16H,1-2,5-6H2,(H,18,19). The van der Waals surface area contributed by atoms with Crippen LogP contribution in [0.5, 0.6) is 0 Å². The number of rotatable bonds is 5. The van der Waals surface area contributed by atoms with Crippen LogP contribution in [-0.2, 0) is 11.0 Å². The van der Waals surface area contributed by atoms with Crippen LogP contribution in [0.25, 0.3) is 0 Å². The van der Waals surface area contributed by atoms with Gasteiger partial charge in [0.05, 0.1) is 11.9 Å². The zero-order valence-corrected chi connectivity index (χ0v) is 10.1. The minimum atomic E-state index is -4.46. The maximum absolute atomic E-state index is 12.3. The normalized spacial score (nSPS) is 15.3. The zero-order chi connectivity index (χ0) is 13.9. The lowest BCUT2D eigenvalue weighted by molar-refractivity contribution is -0.141. The summed E-state index contributed by atoms with van der Waals surface area (Å²) < 4.78 is 36.8. The molecule has 104 valence electrons. The van der Waals surface area contributed by atoms with E-state index in [1.54, 1.807) is 0 Å². The molecule has 2 N–H and O–H groups in total. The predicted molar refractivity (Wildman–Crippen MR) is 63.5 cm³/mol. The van der Waals surface area contributed by atoms with Gasteiger partial charge in [-0.3, -0.25) is 4.79 Å². The second kappa shape index (κ2) is 5.56. The predicted octanol–water partition coefficient (Wildman–Crippen LogP) is 2.18. The molecule has 2 rings (SSSR count). The highest BCUT2D eigenvalue weighted by Gasteiger charge is 2.32. The Hall–Kier alpha value is -1.63. The third-order valence-electron chi connectivity index (χ3n) is 2.70. The van der Waals surface area contributed by atoms with Crippen LogP contribution in [0, 0.1) is 0 Å². The molecule has 0 unspecified atom stereocenters. The molecule has 1 amide bonds. The Morgan fingerprint density at radius 3 is 2.63 bits per heavy atom. The van der Waals surface area contributed by atoms with Crippen molar-refractivity contribution >= 4 is 11.6 Å². The van der Waals surface area contributed by atoms with Crippen LogP contribution in [0.1, 0.15) is 25.0 Å². The molecule has 0 spiro atoms. The van der Waals surface area contributed by atoms with Gasteiger partial charge < -0.3 is 10.6 Å². The highest BCUT2D eigenvalue weighted by atomic mass is 19.4. The summed E-state index contributed by atoms with van der Waals surface area (Å²) in [5, 5.41) is 5.68. The molecule has 0 aliphatic heterocycles. The molecule has 1 saturated carbocycles. The highest BCUT2D eigenvalue weighted by Crippen LogP contribution is 2.27. The van der Waals surface area contributed by atoms with Gasteiger partial charge in [-0.05, 0) is 25.0 Å². The third-order valence-corrected chi connectivity index (χ3v) is 2.70. The largest absolute Gasteiger partial charge is 0.433 e. The fourth-order valence-electron chi connectivity index (χ4n) is 1.54. The zero-order valence-electron chi connectivity index (χ0n) is 10.1. The van der Waals surface area contributed by atoms with Crippen molar-refractivity contribution in [3.05, 3.63) is 24.0 Å². The lowest BCUT2D eigenvalue weighted by atomic mass is 10.3. The Kier molecular flexibility index (Phi) is 4.04. The molecule has 1 fully saturated rings. The molecule has 1 aromatic heterocycles. The first-order valence-corrected chi connectivity index (χ1v) is 6.01. The van der Waals surface area contributed by atoms with Crippen LogP contribution in [0.3, 0.4) is 0 Å². The first kappa shape index (κ1) is 13.8. The van der Waals surface area contributed by atoms with Gasteiger partial charge in [0, 0.05) is 19.0 Å². The van der Waals surface area contributed by atoms with E-state index < -0.39 is 11.9 Å². The molecule has 0 aromatic carbocycles. The van der Waals surface area contributed by atoms with Gasteiger partial charge in [0.1, 0.15) is 5.69 Å². The number of nitrogens with one attached hydrogen (secondary N) is 2. The van der Waals surface area contributed by atoms with Gasteiger partial charge >= 0.3 is 6.18 Å². The van der Waals surface area contributed by atoms with E-state index in [0.29, 0.717) is 12.6 Å². The summed E-state index contributed by atoms with van der Waals surface area (Å²) in [5.41, 5.74) is -0.703. The molecule has 0 radical (unpaired) electrons. The Labute approximate surface area is 108 Å². The van der Waals surface area contributed by atoms with Crippen LogP contribution >= 0.6 is 0 Å². The third kappa shape index (κ3) is 4.51. The van der Waals surface area contributed by atoms with Crippen molar-refractivity contribution in [2.24, 2.45) is 0 Å². The van der Waals surface area contributed by atoms with Gasteiger partial charge in [-0.2, -0.15) is 13.2 Å². The van der Waals surface area contributed by atoms with E-state index in [9.17, 15) is 18.0 Å². The van der Waals surface area contributed by atoms with Gasteiger partial charge in [-0.1, -0.05) is 0 Å². The van der Waals surface area contributed by atoms with Crippen LogP contribution < -0.4 is 10.6 Å². The lowest BCUT2D eigenvalue weighted by Crippen LogP contribution is -2.23. The van der Waals surface area contributed by atoms with E-state index in [2.05, 4.69) is 15.6 Å². The average molecular weight is 273 g/mol. The molecular formula is C12H14F3N3O.